The standard InChI is InChI=1S/C18H25N3OS/c1-15(22-16-8-5-4-6-9-16)14-20-18(19-2)21(3)12-11-17-10-7-13-23-17/h4-10,13,15H,11-12,14H2,1-3H3,(H,19,20). The van der Waals surface area contributed by atoms with E-state index < -0.39 is 0 Å². The Bertz CT molecular complexity index is 584. The molecule has 1 aromatic heterocycles. The van der Waals surface area contributed by atoms with Crippen molar-refractivity contribution < 1.29 is 4.74 Å². The van der Waals surface area contributed by atoms with E-state index in [1.807, 2.05) is 37.4 Å². The van der Waals surface area contributed by atoms with Crippen LogP contribution in [0.2, 0.25) is 0 Å². The molecule has 0 bridgehead atoms. The lowest BCUT2D eigenvalue weighted by Gasteiger charge is -2.23. The second-order valence-corrected chi connectivity index (χ2v) is 6.45. The molecule has 1 unspecified atom stereocenters. The fourth-order valence-electron chi connectivity index (χ4n) is 2.23. The summed E-state index contributed by atoms with van der Waals surface area (Å²) in [5.41, 5.74) is 0. The van der Waals surface area contributed by atoms with E-state index in [9.17, 15) is 0 Å². The highest BCUT2D eigenvalue weighted by Crippen LogP contribution is 2.11. The number of aliphatic imine (C=N–C) groups is 1. The molecule has 0 aliphatic carbocycles. The van der Waals surface area contributed by atoms with Crippen LogP contribution in [0.5, 0.6) is 5.75 Å². The molecule has 4 nitrogen and oxygen atoms in total. The van der Waals surface area contributed by atoms with Gasteiger partial charge in [0, 0.05) is 25.5 Å². The number of hydrogen-bond donors (Lipinski definition) is 1. The Morgan fingerprint density at radius 1 is 1.26 bits per heavy atom. The summed E-state index contributed by atoms with van der Waals surface area (Å²) in [6.07, 6.45) is 1.10. The Hall–Kier alpha value is -2.01. The van der Waals surface area contributed by atoms with Crippen molar-refractivity contribution in [3.63, 3.8) is 0 Å². The Kier molecular flexibility index (Phi) is 6.94. The Balaban J connectivity index is 1.75. The third kappa shape index (κ3) is 5.94. The molecule has 0 saturated heterocycles. The molecule has 5 heteroatoms. The first kappa shape index (κ1) is 17.3. The first-order valence-electron chi connectivity index (χ1n) is 7.85. The third-order valence-electron chi connectivity index (χ3n) is 3.48. The zero-order chi connectivity index (χ0) is 16.5. The van der Waals surface area contributed by atoms with Gasteiger partial charge in [-0.05, 0) is 36.9 Å². The van der Waals surface area contributed by atoms with Crippen molar-refractivity contribution in [1.82, 2.24) is 10.2 Å². The molecule has 0 radical (unpaired) electrons. The van der Waals surface area contributed by atoms with Gasteiger partial charge in [0.2, 0.25) is 0 Å². The van der Waals surface area contributed by atoms with Gasteiger partial charge in [-0.15, -0.1) is 11.3 Å². The first-order chi connectivity index (χ1) is 11.2. The quantitative estimate of drug-likeness (QED) is 0.625. The number of nitrogens with zero attached hydrogens (tertiary/aromatic N) is 2. The van der Waals surface area contributed by atoms with Gasteiger partial charge < -0.3 is 15.0 Å². The number of rotatable bonds is 7. The lowest BCUT2D eigenvalue weighted by molar-refractivity contribution is 0.222. The minimum atomic E-state index is 0.0693. The molecule has 0 amide bonds. The van der Waals surface area contributed by atoms with Gasteiger partial charge in [-0.2, -0.15) is 0 Å². The van der Waals surface area contributed by atoms with Crippen molar-refractivity contribution in [2.75, 3.05) is 27.2 Å². The molecule has 1 atom stereocenters. The normalized spacial score (nSPS) is 12.7. The number of hydrogen-bond acceptors (Lipinski definition) is 3. The number of nitrogens with one attached hydrogen (secondary N) is 1. The average Bonchev–Trinajstić information content (AvgIpc) is 3.08. The van der Waals surface area contributed by atoms with Crippen LogP contribution in [0.1, 0.15) is 11.8 Å². The van der Waals surface area contributed by atoms with Crippen molar-refractivity contribution in [3.8, 4) is 5.75 Å². The Morgan fingerprint density at radius 3 is 2.70 bits per heavy atom. The molecule has 1 N–H and O–H groups in total. The van der Waals surface area contributed by atoms with Crippen molar-refractivity contribution in [2.45, 2.75) is 19.4 Å². The summed E-state index contributed by atoms with van der Waals surface area (Å²) in [5.74, 6) is 1.79. The van der Waals surface area contributed by atoms with E-state index in [-0.39, 0.29) is 6.10 Å². The molecule has 1 aromatic carbocycles. The molecule has 124 valence electrons. The lowest BCUT2D eigenvalue weighted by Crippen LogP contribution is -2.43. The van der Waals surface area contributed by atoms with Crippen LogP contribution in [0.4, 0.5) is 0 Å². The Labute approximate surface area is 142 Å². The predicted octanol–water partition coefficient (Wildman–Crippen LogP) is 3.27. The molecule has 0 aliphatic heterocycles. The van der Waals surface area contributed by atoms with E-state index in [4.69, 9.17) is 4.74 Å². The van der Waals surface area contributed by atoms with Gasteiger partial charge >= 0.3 is 0 Å². The number of benzene rings is 1. The maximum atomic E-state index is 5.87. The lowest BCUT2D eigenvalue weighted by atomic mass is 10.3. The number of para-hydroxylation sites is 1. The number of thiophene rings is 1. The molecule has 0 aliphatic rings. The molecule has 23 heavy (non-hydrogen) atoms. The van der Waals surface area contributed by atoms with Gasteiger partial charge in [-0.1, -0.05) is 24.3 Å². The van der Waals surface area contributed by atoms with Gasteiger partial charge in [0.15, 0.2) is 5.96 Å². The van der Waals surface area contributed by atoms with Crippen LogP contribution in [0.15, 0.2) is 52.8 Å². The summed E-state index contributed by atoms with van der Waals surface area (Å²) in [6.45, 7) is 3.71. The smallest absolute Gasteiger partial charge is 0.193 e. The zero-order valence-electron chi connectivity index (χ0n) is 14.0. The highest BCUT2D eigenvalue weighted by atomic mass is 32.1. The van der Waals surface area contributed by atoms with Crippen LogP contribution in [0.3, 0.4) is 0 Å². The molecular formula is C18H25N3OS. The second-order valence-electron chi connectivity index (χ2n) is 5.42. The van der Waals surface area contributed by atoms with Crippen LogP contribution in [0.25, 0.3) is 0 Å². The largest absolute Gasteiger partial charge is 0.489 e. The van der Waals surface area contributed by atoms with Gasteiger partial charge in [0.1, 0.15) is 11.9 Å². The maximum absolute atomic E-state index is 5.87. The average molecular weight is 331 g/mol. The van der Waals surface area contributed by atoms with Gasteiger partial charge in [-0.25, -0.2) is 0 Å². The summed E-state index contributed by atoms with van der Waals surface area (Å²) in [5, 5.41) is 5.49. The van der Waals surface area contributed by atoms with E-state index in [1.54, 1.807) is 11.3 Å². The van der Waals surface area contributed by atoms with Gasteiger partial charge in [-0.3, -0.25) is 4.99 Å². The van der Waals surface area contributed by atoms with E-state index >= 15 is 0 Å². The number of ether oxygens (including phenoxy) is 1. The van der Waals surface area contributed by atoms with Crippen molar-refractivity contribution in [3.05, 3.63) is 52.7 Å². The van der Waals surface area contributed by atoms with Crippen LogP contribution < -0.4 is 10.1 Å². The predicted molar refractivity (Wildman–Crippen MR) is 98.5 cm³/mol. The number of likely N-dealkylation sites (N-methyl/N-ethyl adjacent to an activating group) is 1. The van der Waals surface area contributed by atoms with E-state index in [0.717, 1.165) is 24.7 Å². The van der Waals surface area contributed by atoms with Crippen molar-refractivity contribution in [2.24, 2.45) is 4.99 Å². The molecule has 0 spiro atoms. The van der Waals surface area contributed by atoms with E-state index in [0.29, 0.717) is 6.54 Å². The van der Waals surface area contributed by atoms with E-state index in [1.165, 1.54) is 4.88 Å². The molecular weight excluding hydrogens is 306 g/mol. The van der Waals surface area contributed by atoms with Gasteiger partial charge in [0.25, 0.3) is 0 Å². The molecule has 1 heterocycles. The Morgan fingerprint density at radius 2 is 2.04 bits per heavy atom. The van der Waals surface area contributed by atoms with Crippen molar-refractivity contribution >= 4 is 17.3 Å². The fraction of sp³-hybridized carbons (Fsp3) is 0.389. The molecule has 0 saturated carbocycles. The minimum Gasteiger partial charge on any atom is -0.489 e. The van der Waals surface area contributed by atoms with Gasteiger partial charge in [0.05, 0.1) is 6.54 Å². The fourth-order valence-corrected chi connectivity index (χ4v) is 2.93. The van der Waals surface area contributed by atoms with Crippen LogP contribution in [0, 0.1) is 0 Å². The topological polar surface area (TPSA) is 36.9 Å². The first-order valence-corrected chi connectivity index (χ1v) is 8.73. The summed E-state index contributed by atoms with van der Waals surface area (Å²) in [6, 6.07) is 14.1. The zero-order valence-corrected chi connectivity index (χ0v) is 14.8. The van der Waals surface area contributed by atoms with Crippen molar-refractivity contribution in [1.29, 1.82) is 0 Å². The molecule has 0 fully saturated rings. The highest BCUT2D eigenvalue weighted by Gasteiger charge is 2.09. The van der Waals surface area contributed by atoms with Crippen LogP contribution >= 0.6 is 11.3 Å². The maximum Gasteiger partial charge on any atom is 0.193 e. The van der Waals surface area contributed by atoms with Crippen LogP contribution in [-0.2, 0) is 6.42 Å². The summed E-state index contributed by atoms with van der Waals surface area (Å²) in [4.78, 5) is 7.89. The van der Waals surface area contributed by atoms with Crippen LogP contribution in [-0.4, -0.2) is 44.1 Å². The summed E-state index contributed by atoms with van der Waals surface area (Å²) < 4.78 is 5.87. The summed E-state index contributed by atoms with van der Waals surface area (Å²) in [7, 11) is 3.87. The minimum absolute atomic E-state index is 0.0693. The monoisotopic (exact) mass is 331 g/mol. The third-order valence-corrected chi connectivity index (χ3v) is 4.41. The second kappa shape index (κ2) is 9.20. The number of guanidine groups is 1. The summed E-state index contributed by atoms with van der Waals surface area (Å²) >= 11 is 1.80. The molecule has 2 rings (SSSR count). The SMILES string of the molecule is CN=C(NCC(C)Oc1ccccc1)N(C)CCc1cccs1. The van der Waals surface area contributed by atoms with E-state index in [2.05, 4.69) is 46.7 Å². The molecule has 2 aromatic rings. The highest BCUT2D eigenvalue weighted by molar-refractivity contribution is 7.09.